The molecule has 2 rings (SSSR count). The van der Waals surface area contributed by atoms with Crippen LogP contribution in [0.5, 0.6) is 0 Å². The fourth-order valence-corrected chi connectivity index (χ4v) is 3.99. The van der Waals surface area contributed by atoms with Crippen LogP contribution >= 0.6 is 0 Å². The van der Waals surface area contributed by atoms with Gasteiger partial charge in [0.05, 0.1) is 11.8 Å². The van der Waals surface area contributed by atoms with Crippen LogP contribution in [0.2, 0.25) is 0 Å². The van der Waals surface area contributed by atoms with Gasteiger partial charge in [0.15, 0.2) is 0 Å². The molecule has 148 valence electrons. The number of fused-ring (bicyclic) bond motifs is 1. The maximum Gasteiger partial charge on any atom is 0.312 e. The summed E-state index contributed by atoms with van der Waals surface area (Å²) in [5, 5.41) is 0. The van der Waals surface area contributed by atoms with E-state index in [4.69, 9.17) is 9.47 Å². The highest BCUT2D eigenvalue weighted by atomic mass is 16.7. The number of aldehydes is 1. The zero-order chi connectivity index (χ0) is 20.0. The number of esters is 2. The molecule has 5 heteroatoms. The maximum absolute atomic E-state index is 12.7. The molecule has 1 fully saturated rings. The van der Waals surface area contributed by atoms with E-state index < -0.39 is 18.2 Å². The average molecular weight is 374 g/mol. The van der Waals surface area contributed by atoms with Crippen molar-refractivity contribution < 1.29 is 23.9 Å². The van der Waals surface area contributed by atoms with Gasteiger partial charge in [-0.05, 0) is 64.4 Å². The van der Waals surface area contributed by atoms with E-state index in [0.717, 1.165) is 25.5 Å². The van der Waals surface area contributed by atoms with Crippen molar-refractivity contribution in [3.8, 4) is 0 Å². The lowest BCUT2D eigenvalue weighted by atomic mass is 9.71. The molecule has 0 saturated carbocycles. The Hall–Kier alpha value is -2.17. The lowest BCUT2D eigenvalue weighted by molar-refractivity contribution is -0.217. The second-order valence-electron chi connectivity index (χ2n) is 7.72. The minimum Gasteiger partial charge on any atom is -0.425 e. The highest BCUT2D eigenvalue weighted by Gasteiger charge is 2.48. The first-order valence-electron chi connectivity index (χ1n) is 9.65. The van der Waals surface area contributed by atoms with Gasteiger partial charge in [-0.1, -0.05) is 29.4 Å². The van der Waals surface area contributed by atoms with Gasteiger partial charge in [0.1, 0.15) is 6.29 Å². The summed E-state index contributed by atoms with van der Waals surface area (Å²) in [6.07, 6.45) is 9.54. The van der Waals surface area contributed by atoms with Crippen LogP contribution in [0.3, 0.4) is 0 Å². The lowest BCUT2D eigenvalue weighted by Crippen LogP contribution is -2.48. The van der Waals surface area contributed by atoms with Crippen molar-refractivity contribution in [1.82, 2.24) is 0 Å². The monoisotopic (exact) mass is 374 g/mol. The molecule has 0 unspecified atom stereocenters. The quantitative estimate of drug-likeness (QED) is 0.408. The molecule has 0 bridgehead atoms. The fraction of sp³-hybridized carbons (Fsp3) is 0.591. The van der Waals surface area contributed by atoms with Gasteiger partial charge in [-0.2, -0.15) is 0 Å². The predicted molar refractivity (Wildman–Crippen MR) is 103 cm³/mol. The van der Waals surface area contributed by atoms with Crippen molar-refractivity contribution in [3.63, 3.8) is 0 Å². The lowest BCUT2D eigenvalue weighted by Gasteiger charge is -2.41. The largest absolute Gasteiger partial charge is 0.425 e. The standard InChI is InChI=1S/C22H30O5/c1-14(2)7-5-10-19-18-12-11-15(3)8-6-9-17(13-23)20(18)22(26-16(4)24)27-21(19)25/h7-9,13,18-20,22H,5-6,10-12H2,1-4H3/b15-8+,17-9-/t18-,19+,20+,22+/m1/s1. The number of hydrogen-bond acceptors (Lipinski definition) is 5. The number of carbonyl (C=O) groups is 3. The Kier molecular flexibility index (Phi) is 7.57. The summed E-state index contributed by atoms with van der Waals surface area (Å²) in [5.41, 5.74) is 3.00. The molecule has 1 aliphatic carbocycles. The molecule has 1 aliphatic heterocycles. The molecule has 0 aromatic heterocycles. The van der Waals surface area contributed by atoms with Crippen LogP contribution in [0.25, 0.3) is 0 Å². The molecule has 0 aromatic rings. The van der Waals surface area contributed by atoms with Crippen LogP contribution in [-0.4, -0.2) is 24.5 Å². The van der Waals surface area contributed by atoms with Crippen molar-refractivity contribution in [1.29, 1.82) is 0 Å². The third kappa shape index (κ3) is 5.65. The van der Waals surface area contributed by atoms with Gasteiger partial charge in [-0.15, -0.1) is 0 Å². The van der Waals surface area contributed by atoms with Crippen molar-refractivity contribution in [2.24, 2.45) is 17.8 Å². The number of allylic oxidation sites excluding steroid dienone is 5. The number of rotatable bonds is 5. The first-order valence-corrected chi connectivity index (χ1v) is 9.65. The summed E-state index contributed by atoms with van der Waals surface area (Å²) < 4.78 is 10.8. The Bertz CT molecular complexity index is 666. The minimum atomic E-state index is -1.03. The van der Waals surface area contributed by atoms with Gasteiger partial charge >= 0.3 is 11.9 Å². The molecule has 27 heavy (non-hydrogen) atoms. The van der Waals surface area contributed by atoms with E-state index in [1.54, 1.807) is 0 Å². The van der Waals surface area contributed by atoms with Crippen LogP contribution in [0, 0.1) is 17.8 Å². The zero-order valence-corrected chi connectivity index (χ0v) is 16.7. The SMILES string of the molecule is CC(=O)O[C@H]1OC(=O)[C@@H](CCC=C(C)C)[C@H]2CC/C(C)=C/C/C=C(/C=O)[C@H]12. The summed E-state index contributed by atoms with van der Waals surface area (Å²) in [7, 11) is 0. The molecule has 0 N–H and O–H groups in total. The molecule has 4 atom stereocenters. The van der Waals surface area contributed by atoms with Crippen molar-refractivity contribution in [3.05, 3.63) is 34.9 Å². The third-order valence-electron chi connectivity index (χ3n) is 5.33. The normalized spacial score (nSPS) is 32.1. The summed E-state index contributed by atoms with van der Waals surface area (Å²) in [6, 6.07) is 0. The third-order valence-corrected chi connectivity index (χ3v) is 5.33. The highest BCUT2D eigenvalue weighted by molar-refractivity contribution is 5.78. The van der Waals surface area contributed by atoms with Crippen LogP contribution in [-0.2, 0) is 23.9 Å². The average Bonchev–Trinajstić information content (AvgIpc) is 2.66. The van der Waals surface area contributed by atoms with Gasteiger partial charge in [0, 0.05) is 6.92 Å². The molecule has 5 nitrogen and oxygen atoms in total. The number of cyclic esters (lactones) is 1. The van der Waals surface area contributed by atoms with E-state index in [0.29, 0.717) is 18.4 Å². The van der Waals surface area contributed by atoms with Gasteiger partial charge in [0.2, 0.25) is 0 Å². The number of ether oxygens (including phenoxy) is 2. The van der Waals surface area contributed by atoms with Gasteiger partial charge in [-0.25, -0.2) is 0 Å². The minimum absolute atomic E-state index is 0.0981. The van der Waals surface area contributed by atoms with Crippen LogP contribution in [0.15, 0.2) is 34.9 Å². The van der Waals surface area contributed by atoms with E-state index >= 15 is 0 Å². The van der Waals surface area contributed by atoms with Gasteiger partial charge in [-0.3, -0.25) is 14.4 Å². The van der Waals surface area contributed by atoms with Crippen LogP contribution < -0.4 is 0 Å². The molecule has 1 saturated heterocycles. The summed E-state index contributed by atoms with van der Waals surface area (Å²) in [4.78, 5) is 36.1. The molecular formula is C22H30O5. The smallest absolute Gasteiger partial charge is 0.312 e. The predicted octanol–water partition coefficient (Wildman–Crippen LogP) is 4.28. The Labute approximate surface area is 161 Å². The van der Waals surface area contributed by atoms with E-state index in [1.165, 1.54) is 18.1 Å². The molecule has 1 heterocycles. The zero-order valence-electron chi connectivity index (χ0n) is 16.7. The molecule has 0 radical (unpaired) electrons. The van der Waals surface area contributed by atoms with E-state index in [1.807, 2.05) is 19.9 Å². The van der Waals surface area contributed by atoms with E-state index in [9.17, 15) is 14.4 Å². The number of carbonyl (C=O) groups excluding carboxylic acids is 3. The van der Waals surface area contributed by atoms with Crippen molar-refractivity contribution in [2.45, 2.75) is 66.1 Å². The fourth-order valence-electron chi connectivity index (χ4n) is 3.99. The molecule has 0 spiro atoms. The molecule has 0 aromatic carbocycles. The van der Waals surface area contributed by atoms with Gasteiger partial charge < -0.3 is 9.47 Å². The summed E-state index contributed by atoms with van der Waals surface area (Å²) >= 11 is 0. The topological polar surface area (TPSA) is 69.7 Å². The van der Waals surface area contributed by atoms with Gasteiger partial charge in [0.25, 0.3) is 6.29 Å². The molecule has 2 aliphatic rings. The number of hydrogen-bond donors (Lipinski definition) is 0. The first kappa shape index (κ1) is 21.1. The van der Waals surface area contributed by atoms with Crippen molar-refractivity contribution in [2.75, 3.05) is 0 Å². The first-order chi connectivity index (χ1) is 12.8. The van der Waals surface area contributed by atoms with E-state index in [2.05, 4.69) is 19.1 Å². The second kappa shape index (κ2) is 9.67. The maximum atomic E-state index is 12.7. The van der Waals surface area contributed by atoms with Crippen LogP contribution in [0.1, 0.15) is 59.8 Å². The molecule has 0 amide bonds. The Morgan fingerprint density at radius 3 is 2.67 bits per heavy atom. The Morgan fingerprint density at radius 1 is 1.30 bits per heavy atom. The Morgan fingerprint density at radius 2 is 2.04 bits per heavy atom. The van der Waals surface area contributed by atoms with Crippen LogP contribution in [0.4, 0.5) is 0 Å². The van der Waals surface area contributed by atoms with E-state index in [-0.39, 0.29) is 17.8 Å². The summed E-state index contributed by atoms with van der Waals surface area (Å²) in [5.74, 6) is -1.68. The molecular weight excluding hydrogens is 344 g/mol. The van der Waals surface area contributed by atoms with Crippen molar-refractivity contribution >= 4 is 18.2 Å². The highest BCUT2D eigenvalue weighted by Crippen LogP contribution is 2.43. The summed E-state index contributed by atoms with van der Waals surface area (Å²) in [6.45, 7) is 7.41. The second-order valence-corrected chi connectivity index (χ2v) is 7.72. The Balaban J connectivity index is 2.40.